The summed E-state index contributed by atoms with van der Waals surface area (Å²) >= 11 is 4.04. The number of hydrogen-bond donors (Lipinski definition) is 3. The summed E-state index contributed by atoms with van der Waals surface area (Å²) in [5, 5.41) is 5.49. The van der Waals surface area contributed by atoms with E-state index in [1.54, 1.807) is 7.11 Å². The van der Waals surface area contributed by atoms with E-state index in [0.29, 0.717) is 25.4 Å². The number of thiol groups is 1. The van der Waals surface area contributed by atoms with Gasteiger partial charge in [0.25, 0.3) is 0 Å². The van der Waals surface area contributed by atoms with Crippen molar-refractivity contribution in [2.45, 2.75) is 25.0 Å². The van der Waals surface area contributed by atoms with Gasteiger partial charge in [-0.3, -0.25) is 0 Å². The zero-order chi connectivity index (χ0) is 15.8. The van der Waals surface area contributed by atoms with Gasteiger partial charge in [0.05, 0.1) is 6.61 Å². The second-order valence-corrected chi connectivity index (χ2v) is 5.67. The Labute approximate surface area is 137 Å². The summed E-state index contributed by atoms with van der Waals surface area (Å²) in [5.41, 5.74) is 2.41. The Kier molecular flexibility index (Phi) is 6.54. The molecule has 0 bridgehead atoms. The van der Waals surface area contributed by atoms with Crippen molar-refractivity contribution in [2.24, 2.45) is 0 Å². The molecule has 1 unspecified atom stereocenters. The first-order valence-electron chi connectivity index (χ1n) is 7.62. The Hall–Kier alpha value is -1.24. The quantitative estimate of drug-likeness (QED) is 0.390. The number of urea groups is 1. The van der Waals surface area contributed by atoms with Crippen LogP contribution in [-0.2, 0) is 21.7 Å². The smallest absolute Gasteiger partial charge is 0.314 e. The molecular weight excluding hydrogens is 300 g/mol. The number of aryl methyl sites for hydroxylation is 1. The van der Waals surface area contributed by atoms with Gasteiger partial charge < -0.3 is 20.1 Å². The lowest BCUT2D eigenvalue weighted by atomic mass is 10.1. The molecule has 6 heteroatoms. The predicted molar refractivity (Wildman–Crippen MR) is 89.3 cm³/mol. The second kappa shape index (κ2) is 8.41. The van der Waals surface area contributed by atoms with Gasteiger partial charge in [0, 0.05) is 37.9 Å². The van der Waals surface area contributed by atoms with E-state index in [4.69, 9.17) is 9.47 Å². The van der Waals surface area contributed by atoms with Crippen LogP contribution in [0.3, 0.4) is 0 Å². The summed E-state index contributed by atoms with van der Waals surface area (Å²) in [7, 11) is 1.69. The average Bonchev–Trinajstić information content (AvgIpc) is 2.92. The average molecular weight is 324 g/mol. The van der Waals surface area contributed by atoms with Crippen LogP contribution in [-0.4, -0.2) is 38.6 Å². The Balaban J connectivity index is 1.75. The lowest BCUT2D eigenvalue weighted by molar-refractivity contribution is -0.230. The molecule has 0 heterocycles. The van der Waals surface area contributed by atoms with Crippen LogP contribution in [0.5, 0.6) is 0 Å². The van der Waals surface area contributed by atoms with Gasteiger partial charge >= 0.3 is 6.03 Å². The van der Waals surface area contributed by atoms with Crippen molar-refractivity contribution in [2.75, 3.05) is 32.6 Å². The number of amides is 2. The van der Waals surface area contributed by atoms with E-state index in [0.717, 1.165) is 24.8 Å². The summed E-state index contributed by atoms with van der Waals surface area (Å²) < 4.78 is 11.7. The van der Waals surface area contributed by atoms with Crippen molar-refractivity contribution < 1.29 is 14.3 Å². The molecule has 0 spiro atoms. The molecule has 1 aliphatic carbocycles. The van der Waals surface area contributed by atoms with Crippen molar-refractivity contribution in [1.82, 2.24) is 10.6 Å². The van der Waals surface area contributed by atoms with Gasteiger partial charge in [-0.15, -0.1) is 0 Å². The van der Waals surface area contributed by atoms with E-state index in [1.165, 1.54) is 5.56 Å². The van der Waals surface area contributed by atoms with E-state index in [1.807, 2.05) is 12.1 Å². The Bertz CT molecular complexity index is 498. The van der Waals surface area contributed by atoms with Crippen molar-refractivity contribution in [3.63, 3.8) is 0 Å². The molecule has 0 radical (unpaired) electrons. The lowest BCUT2D eigenvalue weighted by Crippen LogP contribution is -2.37. The first kappa shape index (κ1) is 17.1. The SMILES string of the molecule is COC1(OCCCNC(=O)NCCS)CCc2ccccc21. The summed E-state index contributed by atoms with van der Waals surface area (Å²) in [4.78, 5) is 11.4. The van der Waals surface area contributed by atoms with Crippen molar-refractivity contribution in [1.29, 1.82) is 0 Å². The highest BCUT2D eigenvalue weighted by Crippen LogP contribution is 2.40. The minimum Gasteiger partial charge on any atom is -0.349 e. The van der Waals surface area contributed by atoms with E-state index < -0.39 is 5.79 Å². The van der Waals surface area contributed by atoms with Crippen LogP contribution in [0.2, 0.25) is 0 Å². The number of methoxy groups -OCH3 is 1. The van der Waals surface area contributed by atoms with Crippen LogP contribution in [0, 0.1) is 0 Å². The van der Waals surface area contributed by atoms with E-state index in [9.17, 15) is 4.79 Å². The second-order valence-electron chi connectivity index (χ2n) is 5.22. The molecular formula is C16H24N2O3S. The molecule has 2 amide bonds. The fourth-order valence-electron chi connectivity index (χ4n) is 2.71. The molecule has 22 heavy (non-hydrogen) atoms. The van der Waals surface area contributed by atoms with Gasteiger partial charge in [-0.2, -0.15) is 12.6 Å². The molecule has 1 atom stereocenters. The lowest BCUT2D eigenvalue weighted by Gasteiger charge is -2.29. The number of ether oxygens (including phenoxy) is 2. The minimum atomic E-state index is -0.634. The summed E-state index contributed by atoms with van der Waals surface area (Å²) in [6.45, 7) is 1.67. The molecule has 1 aliphatic rings. The van der Waals surface area contributed by atoms with Gasteiger partial charge in [-0.25, -0.2) is 4.79 Å². The number of carbonyl (C=O) groups is 1. The standard InChI is InChI=1S/C16H24N2O3S/c1-20-16(8-7-13-5-2-3-6-14(13)16)21-11-4-9-17-15(19)18-10-12-22/h2-3,5-6,22H,4,7-12H2,1H3,(H2,17,18,19). The van der Waals surface area contributed by atoms with Crippen molar-refractivity contribution in [3.05, 3.63) is 35.4 Å². The first-order valence-corrected chi connectivity index (χ1v) is 8.25. The fraction of sp³-hybridized carbons (Fsp3) is 0.562. The normalized spacial score (nSPS) is 19.7. The summed E-state index contributed by atoms with van der Waals surface area (Å²) in [6.07, 6.45) is 2.54. The Morgan fingerprint density at radius 3 is 2.86 bits per heavy atom. The highest BCUT2D eigenvalue weighted by molar-refractivity contribution is 7.80. The van der Waals surface area contributed by atoms with E-state index in [2.05, 4.69) is 35.4 Å². The van der Waals surface area contributed by atoms with Gasteiger partial charge in [-0.05, 0) is 18.4 Å². The predicted octanol–water partition coefficient (Wildman–Crippen LogP) is 2.07. The highest BCUT2D eigenvalue weighted by Gasteiger charge is 2.39. The summed E-state index contributed by atoms with van der Waals surface area (Å²) in [6, 6.07) is 8.07. The van der Waals surface area contributed by atoms with Crippen LogP contribution < -0.4 is 10.6 Å². The van der Waals surface area contributed by atoms with Gasteiger partial charge in [-0.1, -0.05) is 24.3 Å². The van der Waals surface area contributed by atoms with Crippen molar-refractivity contribution >= 4 is 18.7 Å². The van der Waals surface area contributed by atoms with Crippen LogP contribution >= 0.6 is 12.6 Å². The topological polar surface area (TPSA) is 59.6 Å². The molecule has 0 fully saturated rings. The zero-order valence-electron chi connectivity index (χ0n) is 12.9. The van der Waals surface area contributed by atoms with Crippen LogP contribution in [0.15, 0.2) is 24.3 Å². The third-order valence-electron chi connectivity index (χ3n) is 3.82. The number of carbonyl (C=O) groups excluding carboxylic acids is 1. The molecule has 2 rings (SSSR count). The molecule has 2 N–H and O–H groups in total. The van der Waals surface area contributed by atoms with Gasteiger partial charge in [0.15, 0.2) is 5.79 Å². The summed E-state index contributed by atoms with van der Waals surface area (Å²) in [5.74, 6) is -0.00280. The molecule has 0 aliphatic heterocycles. The molecule has 122 valence electrons. The monoisotopic (exact) mass is 324 g/mol. The van der Waals surface area contributed by atoms with Crippen LogP contribution in [0.4, 0.5) is 4.79 Å². The first-order chi connectivity index (χ1) is 10.7. The Morgan fingerprint density at radius 2 is 2.09 bits per heavy atom. The van der Waals surface area contributed by atoms with E-state index >= 15 is 0 Å². The van der Waals surface area contributed by atoms with Gasteiger partial charge in [0.1, 0.15) is 0 Å². The molecule has 0 aromatic heterocycles. The third kappa shape index (κ3) is 4.15. The Morgan fingerprint density at radius 1 is 1.32 bits per heavy atom. The number of hydrogen-bond acceptors (Lipinski definition) is 4. The zero-order valence-corrected chi connectivity index (χ0v) is 13.8. The fourth-order valence-corrected chi connectivity index (χ4v) is 2.82. The largest absolute Gasteiger partial charge is 0.349 e. The maximum atomic E-state index is 11.4. The number of nitrogens with one attached hydrogen (secondary N) is 2. The third-order valence-corrected chi connectivity index (χ3v) is 4.04. The highest BCUT2D eigenvalue weighted by atomic mass is 32.1. The molecule has 1 aromatic carbocycles. The van der Waals surface area contributed by atoms with E-state index in [-0.39, 0.29) is 6.03 Å². The maximum absolute atomic E-state index is 11.4. The van der Waals surface area contributed by atoms with Crippen molar-refractivity contribution in [3.8, 4) is 0 Å². The molecule has 5 nitrogen and oxygen atoms in total. The van der Waals surface area contributed by atoms with Crippen LogP contribution in [0.1, 0.15) is 24.0 Å². The number of rotatable bonds is 8. The number of fused-ring (bicyclic) bond motifs is 1. The minimum absolute atomic E-state index is 0.165. The maximum Gasteiger partial charge on any atom is 0.314 e. The number of benzene rings is 1. The van der Waals surface area contributed by atoms with Gasteiger partial charge in [0.2, 0.25) is 0 Å². The van der Waals surface area contributed by atoms with Crippen LogP contribution in [0.25, 0.3) is 0 Å². The molecule has 0 saturated heterocycles. The molecule has 0 saturated carbocycles. The molecule has 1 aromatic rings.